The Morgan fingerprint density at radius 3 is 2.95 bits per heavy atom. The molecule has 4 N–H and O–H groups in total. The molecule has 1 aromatic rings. The third kappa shape index (κ3) is 3.31. The number of nitrogens with two attached hydrogens (primary N) is 1. The summed E-state index contributed by atoms with van der Waals surface area (Å²) < 4.78 is 16.3. The normalized spacial score (nSPS) is 14.7. The zero-order valence-electron chi connectivity index (χ0n) is 11.2. The fourth-order valence-electron chi connectivity index (χ4n) is 1.88. The first kappa shape index (κ1) is 14.4. The highest BCUT2D eigenvalue weighted by atomic mass is 16.6. The van der Waals surface area contributed by atoms with Gasteiger partial charge in [-0.15, -0.1) is 0 Å². The molecule has 20 heavy (non-hydrogen) atoms. The second-order valence-corrected chi connectivity index (χ2v) is 4.37. The first-order valence-electron chi connectivity index (χ1n) is 6.26. The molecule has 0 bridgehead atoms. The Kier molecular flexibility index (Phi) is 4.65. The van der Waals surface area contributed by atoms with Crippen molar-refractivity contribution < 1.29 is 24.1 Å². The highest BCUT2D eigenvalue weighted by molar-refractivity contribution is 5.78. The molecule has 7 heteroatoms. The highest BCUT2D eigenvalue weighted by Gasteiger charge is 2.18. The van der Waals surface area contributed by atoms with Crippen LogP contribution in [0.25, 0.3) is 0 Å². The number of aliphatic hydroxyl groups is 1. The number of hydrogen-bond donors (Lipinski definition) is 3. The van der Waals surface area contributed by atoms with E-state index in [4.69, 9.17) is 19.9 Å². The number of hydrogen-bond acceptors (Lipinski definition) is 6. The number of amides is 1. The molecule has 1 heterocycles. The summed E-state index contributed by atoms with van der Waals surface area (Å²) in [5.74, 6) is 1.06. The number of ether oxygens (including phenoxy) is 3. The molecule has 0 spiro atoms. The lowest BCUT2D eigenvalue weighted by Gasteiger charge is -2.21. The largest absolute Gasteiger partial charge is 0.493 e. The van der Waals surface area contributed by atoms with Gasteiger partial charge < -0.3 is 30.4 Å². The maximum atomic E-state index is 10.7. The van der Waals surface area contributed by atoms with Crippen LogP contribution in [0, 0.1) is 0 Å². The number of carbonyl (C=O) groups is 1. The van der Waals surface area contributed by atoms with Crippen LogP contribution < -0.4 is 25.3 Å². The van der Waals surface area contributed by atoms with Crippen LogP contribution in [0.3, 0.4) is 0 Å². The maximum absolute atomic E-state index is 10.7. The lowest BCUT2D eigenvalue weighted by Crippen LogP contribution is -2.37. The minimum absolute atomic E-state index is 0.0894. The molecule has 1 atom stereocenters. The Balaban J connectivity index is 2.03. The number of methoxy groups -OCH3 is 1. The summed E-state index contributed by atoms with van der Waals surface area (Å²) in [5.41, 5.74) is 5.86. The van der Waals surface area contributed by atoms with Crippen molar-refractivity contribution in [2.75, 3.05) is 26.9 Å². The molecule has 1 unspecified atom stereocenters. The molecule has 0 radical (unpaired) electrons. The standard InChI is InChI=1S/C13H18N2O5/c1-18-10-4-8(6-15-7-9(16)13(14)17)5-11-12(10)20-3-2-19-11/h4-5,9,15-16H,2-3,6-7H2,1H3,(H2,14,17). The fraction of sp³-hybridized carbons (Fsp3) is 0.462. The van der Waals surface area contributed by atoms with Crippen molar-refractivity contribution >= 4 is 5.91 Å². The van der Waals surface area contributed by atoms with Gasteiger partial charge in [-0.25, -0.2) is 0 Å². The summed E-state index contributed by atoms with van der Waals surface area (Å²) in [4.78, 5) is 10.7. The predicted molar refractivity (Wildman–Crippen MR) is 70.9 cm³/mol. The number of primary amides is 1. The summed E-state index contributed by atoms with van der Waals surface area (Å²) in [6.45, 7) is 1.52. The van der Waals surface area contributed by atoms with Gasteiger partial charge in [0.2, 0.25) is 11.7 Å². The van der Waals surface area contributed by atoms with Gasteiger partial charge in [0.05, 0.1) is 7.11 Å². The molecule has 2 rings (SSSR count). The van der Waals surface area contributed by atoms with Gasteiger partial charge in [-0.3, -0.25) is 4.79 Å². The van der Waals surface area contributed by atoms with Crippen LogP contribution >= 0.6 is 0 Å². The zero-order valence-corrected chi connectivity index (χ0v) is 11.2. The number of fused-ring (bicyclic) bond motifs is 1. The van der Waals surface area contributed by atoms with E-state index in [9.17, 15) is 9.90 Å². The lowest BCUT2D eigenvalue weighted by atomic mass is 10.1. The quantitative estimate of drug-likeness (QED) is 0.644. The number of aliphatic hydroxyl groups excluding tert-OH is 1. The minimum atomic E-state index is -1.20. The van der Waals surface area contributed by atoms with E-state index < -0.39 is 12.0 Å². The average molecular weight is 282 g/mol. The number of benzene rings is 1. The van der Waals surface area contributed by atoms with Crippen molar-refractivity contribution in [2.24, 2.45) is 5.73 Å². The molecular weight excluding hydrogens is 264 g/mol. The smallest absolute Gasteiger partial charge is 0.247 e. The van der Waals surface area contributed by atoms with Gasteiger partial charge in [0.1, 0.15) is 19.3 Å². The van der Waals surface area contributed by atoms with E-state index in [-0.39, 0.29) is 6.54 Å². The Bertz CT molecular complexity index is 475. The van der Waals surface area contributed by atoms with Crippen LogP contribution in [0.4, 0.5) is 0 Å². The molecule has 0 saturated heterocycles. The van der Waals surface area contributed by atoms with Crippen molar-refractivity contribution in [1.29, 1.82) is 0 Å². The topological polar surface area (TPSA) is 103 Å². The molecule has 1 amide bonds. The van der Waals surface area contributed by atoms with E-state index >= 15 is 0 Å². The highest BCUT2D eigenvalue weighted by Crippen LogP contribution is 2.40. The molecule has 1 aliphatic heterocycles. The minimum Gasteiger partial charge on any atom is -0.493 e. The summed E-state index contributed by atoms with van der Waals surface area (Å²) in [6.07, 6.45) is -1.20. The number of nitrogens with one attached hydrogen (secondary N) is 1. The van der Waals surface area contributed by atoms with Gasteiger partial charge in [-0.2, -0.15) is 0 Å². The first-order chi connectivity index (χ1) is 9.61. The van der Waals surface area contributed by atoms with Crippen molar-refractivity contribution in [2.45, 2.75) is 12.6 Å². The fourth-order valence-corrected chi connectivity index (χ4v) is 1.88. The maximum Gasteiger partial charge on any atom is 0.247 e. The first-order valence-corrected chi connectivity index (χ1v) is 6.26. The average Bonchev–Trinajstić information content (AvgIpc) is 2.46. The summed E-state index contributed by atoms with van der Waals surface area (Å²) in [5, 5.41) is 12.2. The molecular formula is C13H18N2O5. The molecule has 0 aromatic heterocycles. The van der Waals surface area contributed by atoms with Crippen LogP contribution in [0.15, 0.2) is 12.1 Å². The Labute approximate surface area is 116 Å². The van der Waals surface area contributed by atoms with Gasteiger partial charge in [0.25, 0.3) is 0 Å². The van der Waals surface area contributed by atoms with Crippen molar-refractivity contribution in [3.63, 3.8) is 0 Å². The van der Waals surface area contributed by atoms with E-state index in [2.05, 4.69) is 5.32 Å². The Hall–Kier alpha value is -1.99. The van der Waals surface area contributed by atoms with Crippen molar-refractivity contribution in [3.05, 3.63) is 17.7 Å². The molecule has 110 valence electrons. The number of rotatable bonds is 6. The van der Waals surface area contributed by atoms with E-state index in [1.807, 2.05) is 12.1 Å². The van der Waals surface area contributed by atoms with Gasteiger partial charge in [0, 0.05) is 13.1 Å². The summed E-state index contributed by atoms with van der Waals surface area (Å²) >= 11 is 0. The van der Waals surface area contributed by atoms with E-state index in [0.717, 1.165) is 5.56 Å². The van der Waals surface area contributed by atoms with Crippen LogP contribution in [-0.4, -0.2) is 44.0 Å². The third-order valence-electron chi connectivity index (χ3n) is 2.88. The van der Waals surface area contributed by atoms with Crippen LogP contribution in [0.5, 0.6) is 17.2 Å². The summed E-state index contributed by atoms with van der Waals surface area (Å²) in [7, 11) is 1.56. The molecule has 0 saturated carbocycles. The lowest BCUT2D eigenvalue weighted by molar-refractivity contribution is -0.125. The van der Waals surface area contributed by atoms with Gasteiger partial charge in [0.15, 0.2) is 11.5 Å². The molecule has 1 aliphatic rings. The monoisotopic (exact) mass is 282 g/mol. The van der Waals surface area contributed by atoms with Gasteiger partial charge in [-0.05, 0) is 17.7 Å². The zero-order chi connectivity index (χ0) is 14.5. The van der Waals surface area contributed by atoms with Gasteiger partial charge >= 0.3 is 0 Å². The SMILES string of the molecule is COc1cc(CNCC(O)C(N)=O)cc2c1OCCO2. The molecule has 1 aromatic carbocycles. The molecule has 0 fully saturated rings. The predicted octanol–water partition coefficient (Wildman–Crippen LogP) is -0.598. The van der Waals surface area contributed by atoms with Crippen LogP contribution in [-0.2, 0) is 11.3 Å². The third-order valence-corrected chi connectivity index (χ3v) is 2.88. The van der Waals surface area contributed by atoms with E-state index in [1.165, 1.54) is 0 Å². The Morgan fingerprint density at radius 1 is 1.50 bits per heavy atom. The number of carbonyl (C=O) groups excluding carboxylic acids is 1. The van der Waals surface area contributed by atoms with E-state index in [1.54, 1.807) is 7.11 Å². The molecule has 7 nitrogen and oxygen atoms in total. The molecule has 0 aliphatic carbocycles. The van der Waals surface area contributed by atoms with E-state index in [0.29, 0.717) is 37.0 Å². The second kappa shape index (κ2) is 6.44. The summed E-state index contributed by atoms with van der Waals surface area (Å²) in [6, 6.07) is 3.65. The Morgan fingerprint density at radius 2 is 2.25 bits per heavy atom. The van der Waals surface area contributed by atoms with Crippen molar-refractivity contribution in [1.82, 2.24) is 5.32 Å². The second-order valence-electron chi connectivity index (χ2n) is 4.37. The van der Waals surface area contributed by atoms with Gasteiger partial charge in [-0.1, -0.05) is 0 Å². The van der Waals surface area contributed by atoms with Crippen LogP contribution in [0.1, 0.15) is 5.56 Å². The van der Waals surface area contributed by atoms with Crippen molar-refractivity contribution in [3.8, 4) is 17.2 Å². The van der Waals surface area contributed by atoms with Crippen LogP contribution in [0.2, 0.25) is 0 Å².